The summed E-state index contributed by atoms with van der Waals surface area (Å²) >= 11 is 0. The minimum atomic E-state index is -1.11. The van der Waals surface area contributed by atoms with Crippen molar-refractivity contribution < 1.29 is 8.78 Å². The van der Waals surface area contributed by atoms with Gasteiger partial charge in [0.15, 0.2) is 0 Å². The Hall–Kier alpha value is -1.92. The zero-order valence-corrected chi connectivity index (χ0v) is 10.3. The van der Waals surface area contributed by atoms with Crippen LogP contribution in [0.5, 0.6) is 0 Å². The number of rotatable bonds is 3. The summed E-state index contributed by atoms with van der Waals surface area (Å²) in [6.07, 6.45) is 2.64. The molecule has 0 unspecified atom stereocenters. The van der Waals surface area contributed by atoms with Crippen molar-refractivity contribution in [2.75, 3.05) is 0 Å². The Kier molecular flexibility index (Phi) is 3.55. The van der Waals surface area contributed by atoms with Gasteiger partial charge in [0, 0.05) is 18.4 Å². The summed E-state index contributed by atoms with van der Waals surface area (Å²) in [5.74, 6) is -1.21. The van der Waals surface area contributed by atoms with Gasteiger partial charge in [-0.15, -0.1) is 0 Å². The van der Waals surface area contributed by atoms with Crippen LogP contribution in [0, 0.1) is 11.9 Å². The number of pyridine rings is 2. The van der Waals surface area contributed by atoms with E-state index < -0.39 is 23.5 Å². The second-order valence-electron chi connectivity index (χ2n) is 4.40. The van der Waals surface area contributed by atoms with Crippen LogP contribution in [0.3, 0.4) is 0 Å². The van der Waals surface area contributed by atoms with Crippen molar-refractivity contribution in [3.05, 3.63) is 59.7 Å². The lowest BCUT2D eigenvalue weighted by atomic mass is 9.80. The van der Waals surface area contributed by atoms with E-state index in [1.165, 1.54) is 36.7 Å². The van der Waals surface area contributed by atoms with Crippen LogP contribution in [-0.2, 0) is 5.54 Å². The van der Waals surface area contributed by atoms with E-state index in [1.54, 1.807) is 6.92 Å². The standard InChI is InChI=1S/C13H14F2N4/c1-8(16)13(17,9-2-4-11(14)18-6-9)10-3-5-12(15)19-7-10/h2-8H,16-17H2,1H3/t8-/m0/s1. The minimum Gasteiger partial charge on any atom is -0.326 e. The van der Waals surface area contributed by atoms with E-state index in [4.69, 9.17) is 11.5 Å². The Labute approximate surface area is 109 Å². The highest BCUT2D eigenvalue weighted by Gasteiger charge is 2.34. The third-order valence-corrected chi connectivity index (χ3v) is 3.13. The highest BCUT2D eigenvalue weighted by Crippen LogP contribution is 2.28. The number of hydrogen-bond donors (Lipinski definition) is 2. The molecule has 1 atom stereocenters. The number of nitrogens with zero attached hydrogens (tertiary/aromatic N) is 2. The Morgan fingerprint density at radius 3 is 1.68 bits per heavy atom. The molecule has 2 heterocycles. The molecule has 0 bridgehead atoms. The van der Waals surface area contributed by atoms with Gasteiger partial charge < -0.3 is 11.5 Å². The molecule has 100 valence electrons. The van der Waals surface area contributed by atoms with Crippen LogP contribution in [0.4, 0.5) is 8.78 Å². The van der Waals surface area contributed by atoms with Gasteiger partial charge in [-0.2, -0.15) is 8.78 Å². The Balaban J connectivity index is 2.54. The van der Waals surface area contributed by atoms with Crippen molar-refractivity contribution in [1.82, 2.24) is 9.97 Å². The molecule has 2 aromatic heterocycles. The summed E-state index contributed by atoms with van der Waals surface area (Å²) in [5.41, 5.74) is 12.2. The summed E-state index contributed by atoms with van der Waals surface area (Å²) in [4.78, 5) is 7.15. The molecule has 0 radical (unpaired) electrons. The predicted octanol–water partition coefficient (Wildman–Crippen LogP) is 1.30. The predicted molar refractivity (Wildman–Crippen MR) is 67.0 cm³/mol. The topological polar surface area (TPSA) is 77.8 Å². The van der Waals surface area contributed by atoms with Crippen LogP contribution in [0.25, 0.3) is 0 Å². The lowest BCUT2D eigenvalue weighted by Crippen LogP contribution is -2.52. The van der Waals surface area contributed by atoms with E-state index in [0.29, 0.717) is 11.1 Å². The first kappa shape index (κ1) is 13.5. The van der Waals surface area contributed by atoms with E-state index in [0.717, 1.165) is 0 Å². The molecule has 0 aliphatic carbocycles. The molecule has 4 nitrogen and oxygen atoms in total. The first-order chi connectivity index (χ1) is 8.94. The van der Waals surface area contributed by atoms with Crippen molar-refractivity contribution >= 4 is 0 Å². The van der Waals surface area contributed by atoms with Gasteiger partial charge >= 0.3 is 0 Å². The third kappa shape index (κ3) is 2.45. The molecule has 0 saturated heterocycles. The van der Waals surface area contributed by atoms with E-state index in [-0.39, 0.29) is 0 Å². The molecular weight excluding hydrogens is 250 g/mol. The molecule has 0 aliphatic heterocycles. The lowest BCUT2D eigenvalue weighted by Gasteiger charge is -2.33. The average molecular weight is 264 g/mol. The van der Waals surface area contributed by atoms with Crippen LogP contribution in [0.1, 0.15) is 18.1 Å². The fraction of sp³-hybridized carbons (Fsp3) is 0.231. The van der Waals surface area contributed by atoms with Gasteiger partial charge in [0.25, 0.3) is 0 Å². The Morgan fingerprint density at radius 2 is 1.42 bits per heavy atom. The fourth-order valence-electron chi connectivity index (χ4n) is 1.93. The van der Waals surface area contributed by atoms with Gasteiger partial charge in [0.1, 0.15) is 0 Å². The van der Waals surface area contributed by atoms with Crippen molar-refractivity contribution in [2.45, 2.75) is 18.5 Å². The summed E-state index contributed by atoms with van der Waals surface area (Å²) in [7, 11) is 0. The maximum absolute atomic E-state index is 12.9. The monoisotopic (exact) mass is 264 g/mol. The van der Waals surface area contributed by atoms with Gasteiger partial charge in [0.05, 0.1) is 5.54 Å². The Bertz CT molecular complexity index is 506. The van der Waals surface area contributed by atoms with E-state index in [1.807, 2.05) is 0 Å². The summed E-state index contributed by atoms with van der Waals surface area (Å²) < 4.78 is 25.8. The SMILES string of the molecule is C[C@H](N)C(N)(c1ccc(F)nc1)c1ccc(F)nc1. The molecule has 2 aromatic rings. The number of hydrogen-bond acceptors (Lipinski definition) is 4. The molecule has 0 amide bonds. The van der Waals surface area contributed by atoms with Crippen molar-refractivity contribution in [3.8, 4) is 0 Å². The highest BCUT2D eigenvalue weighted by atomic mass is 19.1. The van der Waals surface area contributed by atoms with Crippen LogP contribution in [0.15, 0.2) is 36.7 Å². The molecule has 0 aliphatic rings. The molecule has 0 spiro atoms. The summed E-state index contributed by atoms with van der Waals surface area (Å²) in [6, 6.07) is 4.93. The molecule has 19 heavy (non-hydrogen) atoms. The van der Waals surface area contributed by atoms with Gasteiger partial charge in [-0.25, -0.2) is 9.97 Å². The van der Waals surface area contributed by atoms with E-state index in [9.17, 15) is 8.78 Å². The van der Waals surface area contributed by atoms with Crippen LogP contribution in [-0.4, -0.2) is 16.0 Å². The van der Waals surface area contributed by atoms with Crippen molar-refractivity contribution in [2.24, 2.45) is 11.5 Å². The summed E-state index contributed by atoms with van der Waals surface area (Å²) in [5, 5.41) is 0. The molecule has 6 heteroatoms. The average Bonchev–Trinajstić information content (AvgIpc) is 2.39. The van der Waals surface area contributed by atoms with Gasteiger partial charge in [-0.1, -0.05) is 12.1 Å². The minimum absolute atomic E-state index is 0.493. The molecule has 4 N–H and O–H groups in total. The summed E-state index contributed by atoms with van der Waals surface area (Å²) in [6.45, 7) is 1.71. The second kappa shape index (κ2) is 4.99. The number of aromatic nitrogens is 2. The van der Waals surface area contributed by atoms with Crippen molar-refractivity contribution in [1.29, 1.82) is 0 Å². The first-order valence-electron chi connectivity index (χ1n) is 5.73. The normalized spacial score (nSPS) is 13.3. The van der Waals surface area contributed by atoms with Crippen LogP contribution >= 0.6 is 0 Å². The lowest BCUT2D eigenvalue weighted by molar-refractivity contribution is 0.438. The second-order valence-corrected chi connectivity index (χ2v) is 4.40. The van der Waals surface area contributed by atoms with Gasteiger partial charge in [-0.3, -0.25) is 0 Å². The Morgan fingerprint density at radius 1 is 1.00 bits per heavy atom. The maximum atomic E-state index is 12.9. The largest absolute Gasteiger partial charge is 0.326 e. The zero-order chi connectivity index (χ0) is 14.0. The molecule has 0 saturated carbocycles. The van der Waals surface area contributed by atoms with Gasteiger partial charge in [0.2, 0.25) is 11.9 Å². The van der Waals surface area contributed by atoms with Crippen LogP contribution in [0.2, 0.25) is 0 Å². The molecule has 0 fully saturated rings. The zero-order valence-electron chi connectivity index (χ0n) is 10.3. The first-order valence-corrected chi connectivity index (χ1v) is 5.73. The number of halogens is 2. The maximum Gasteiger partial charge on any atom is 0.212 e. The molecular formula is C13H14F2N4. The van der Waals surface area contributed by atoms with Gasteiger partial charge in [-0.05, 0) is 30.2 Å². The smallest absolute Gasteiger partial charge is 0.212 e. The van der Waals surface area contributed by atoms with Crippen molar-refractivity contribution in [3.63, 3.8) is 0 Å². The highest BCUT2D eigenvalue weighted by molar-refractivity contribution is 5.37. The molecule has 2 rings (SSSR count). The quantitative estimate of drug-likeness (QED) is 0.819. The fourth-order valence-corrected chi connectivity index (χ4v) is 1.93. The van der Waals surface area contributed by atoms with Crippen LogP contribution < -0.4 is 11.5 Å². The third-order valence-electron chi connectivity index (χ3n) is 3.13. The molecule has 0 aromatic carbocycles. The number of nitrogens with two attached hydrogens (primary N) is 2. The van der Waals surface area contributed by atoms with E-state index >= 15 is 0 Å². The van der Waals surface area contributed by atoms with E-state index in [2.05, 4.69) is 9.97 Å².